The Labute approximate surface area is 88.7 Å². The maximum atomic E-state index is 10.4. The lowest BCUT2D eigenvalue weighted by Crippen LogP contribution is -2.16. The number of hydrogen-bond acceptors (Lipinski definition) is 2. The van der Waals surface area contributed by atoms with Gasteiger partial charge in [0.25, 0.3) is 0 Å². The first-order chi connectivity index (χ1) is 7.27. The van der Waals surface area contributed by atoms with Crippen molar-refractivity contribution in [2.75, 3.05) is 6.61 Å². The van der Waals surface area contributed by atoms with E-state index in [1.54, 1.807) is 0 Å². The average Bonchev–Trinajstić information content (AvgIpc) is 2.26. The zero-order valence-corrected chi connectivity index (χ0v) is 8.48. The van der Waals surface area contributed by atoms with Crippen LogP contribution in [0.3, 0.4) is 0 Å². The van der Waals surface area contributed by atoms with Gasteiger partial charge in [0.15, 0.2) is 0 Å². The van der Waals surface area contributed by atoms with Crippen LogP contribution in [-0.4, -0.2) is 17.7 Å². The van der Waals surface area contributed by atoms with Crippen LogP contribution < -0.4 is 0 Å². The fourth-order valence-corrected chi connectivity index (χ4v) is 2.05. The van der Waals surface area contributed by atoms with Crippen LogP contribution in [0.4, 0.5) is 0 Å². The Balaban J connectivity index is 2.11. The van der Waals surface area contributed by atoms with Crippen LogP contribution >= 0.6 is 0 Å². The molecule has 1 aromatic rings. The molecule has 0 heterocycles. The highest BCUT2D eigenvalue weighted by atomic mass is 16.5. The van der Waals surface area contributed by atoms with Crippen molar-refractivity contribution in [2.24, 2.45) is 0 Å². The lowest BCUT2D eigenvalue weighted by atomic mass is 9.89. The molecule has 0 bridgehead atoms. The van der Waals surface area contributed by atoms with Gasteiger partial charge in [-0.05, 0) is 30.4 Å². The Morgan fingerprint density at radius 2 is 2.27 bits per heavy atom. The number of benzene rings is 1. The number of carbonyl (C=O) groups is 1. The summed E-state index contributed by atoms with van der Waals surface area (Å²) in [6.45, 7) is -0.209. The van der Waals surface area contributed by atoms with Gasteiger partial charge in [-0.2, -0.15) is 0 Å². The third-order valence-corrected chi connectivity index (χ3v) is 2.72. The molecular formula is C12H14O3. The van der Waals surface area contributed by atoms with E-state index in [9.17, 15) is 4.79 Å². The normalized spacial score (nSPS) is 19.6. The minimum absolute atomic E-state index is 0.0361. The number of carboxylic acids is 1. The Hall–Kier alpha value is -1.35. The van der Waals surface area contributed by atoms with Gasteiger partial charge in [-0.15, -0.1) is 0 Å². The van der Waals surface area contributed by atoms with Gasteiger partial charge in [0.1, 0.15) is 6.61 Å². The second-order valence-electron chi connectivity index (χ2n) is 3.78. The summed E-state index contributed by atoms with van der Waals surface area (Å²) in [5.41, 5.74) is 2.45. The van der Waals surface area contributed by atoms with Crippen LogP contribution in [0.1, 0.15) is 30.1 Å². The molecule has 0 aliphatic heterocycles. The highest BCUT2D eigenvalue weighted by Crippen LogP contribution is 2.31. The summed E-state index contributed by atoms with van der Waals surface area (Å²) in [7, 11) is 0. The molecule has 0 aromatic heterocycles. The monoisotopic (exact) mass is 206 g/mol. The van der Waals surface area contributed by atoms with E-state index in [4.69, 9.17) is 9.84 Å². The Morgan fingerprint density at radius 3 is 3.07 bits per heavy atom. The predicted octanol–water partition coefficient (Wildman–Crippen LogP) is 2.17. The van der Waals surface area contributed by atoms with Crippen LogP contribution in [0.25, 0.3) is 0 Å². The molecule has 15 heavy (non-hydrogen) atoms. The van der Waals surface area contributed by atoms with Gasteiger partial charge < -0.3 is 9.84 Å². The molecule has 1 N–H and O–H groups in total. The average molecular weight is 206 g/mol. The summed E-state index contributed by atoms with van der Waals surface area (Å²) >= 11 is 0. The number of aliphatic carboxylic acids is 1. The van der Waals surface area contributed by atoms with E-state index in [2.05, 4.69) is 6.07 Å². The highest BCUT2D eigenvalue weighted by molar-refractivity contribution is 5.68. The van der Waals surface area contributed by atoms with Crippen molar-refractivity contribution in [1.82, 2.24) is 0 Å². The fourth-order valence-electron chi connectivity index (χ4n) is 2.05. The molecule has 0 fully saturated rings. The van der Waals surface area contributed by atoms with Crippen LogP contribution in [0.5, 0.6) is 0 Å². The number of fused-ring (bicyclic) bond motifs is 1. The van der Waals surface area contributed by atoms with Crippen molar-refractivity contribution in [3.63, 3.8) is 0 Å². The molecule has 3 nitrogen and oxygen atoms in total. The Morgan fingerprint density at radius 1 is 1.47 bits per heavy atom. The molecule has 80 valence electrons. The van der Waals surface area contributed by atoms with Crippen molar-refractivity contribution < 1.29 is 14.6 Å². The van der Waals surface area contributed by atoms with Crippen molar-refractivity contribution in [1.29, 1.82) is 0 Å². The van der Waals surface area contributed by atoms with E-state index in [1.807, 2.05) is 18.2 Å². The molecule has 3 heteroatoms. The van der Waals surface area contributed by atoms with E-state index < -0.39 is 5.97 Å². The van der Waals surface area contributed by atoms with E-state index in [-0.39, 0.29) is 12.7 Å². The highest BCUT2D eigenvalue weighted by Gasteiger charge is 2.20. The molecule has 0 saturated heterocycles. The molecule has 0 saturated carbocycles. The molecule has 0 radical (unpaired) electrons. The largest absolute Gasteiger partial charge is 0.480 e. The Bertz CT molecular complexity index is 360. The van der Waals surface area contributed by atoms with Gasteiger partial charge in [0, 0.05) is 0 Å². The summed E-state index contributed by atoms with van der Waals surface area (Å²) < 4.78 is 5.37. The predicted molar refractivity (Wildman–Crippen MR) is 55.7 cm³/mol. The standard InChI is InChI=1S/C12H14O3/c13-12(14)8-15-11-7-3-5-9-4-1-2-6-10(9)11/h1-2,4,6,11H,3,5,7-8H2,(H,13,14)/t11-/m0/s1. The van der Waals surface area contributed by atoms with E-state index in [0.29, 0.717) is 0 Å². The molecule has 0 unspecified atom stereocenters. The number of hydrogen-bond donors (Lipinski definition) is 1. The summed E-state index contributed by atoms with van der Waals surface area (Å²) in [6.07, 6.45) is 3.03. The molecule has 1 aliphatic rings. The van der Waals surface area contributed by atoms with E-state index in [0.717, 1.165) is 24.8 Å². The summed E-state index contributed by atoms with van der Waals surface area (Å²) in [5.74, 6) is -0.905. The quantitative estimate of drug-likeness (QED) is 0.824. The summed E-state index contributed by atoms with van der Waals surface area (Å²) in [4.78, 5) is 10.4. The van der Waals surface area contributed by atoms with Gasteiger partial charge in [-0.25, -0.2) is 4.79 Å². The number of aryl methyl sites for hydroxylation is 1. The van der Waals surface area contributed by atoms with E-state index in [1.165, 1.54) is 5.56 Å². The topological polar surface area (TPSA) is 46.5 Å². The van der Waals surface area contributed by atoms with Crippen molar-refractivity contribution in [3.05, 3.63) is 35.4 Å². The van der Waals surface area contributed by atoms with Gasteiger partial charge in [0.05, 0.1) is 6.10 Å². The number of ether oxygens (including phenoxy) is 1. The molecule has 1 atom stereocenters. The SMILES string of the molecule is O=C(O)CO[C@H]1CCCc2ccccc21. The van der Waals surface area contributed by atoms with Crippen molar-refractivity contribution in [2.45, 2.75) is 25.4 Å². The van der Waals surface area contributed by atoms with E-state index >= 15 is 0 Å². The minimum atomic E-state index is -0.905. The second-order valence-corrected chi connectivity index (χ2v) is 3.78. The van der Waals surface area contributed by atoms with Crippen LogP contribution in [0.2, 0.25) is 0 Å². The first-order valence-corrected chi connectivity index (χ1v) is 5.18. The van der Waals surface area contributed by atoms with Gasteiger partial charge in [0.2, 0.25) is 0 Å². The fraction of sp³-hybridized carbons (Fsp3) is 0.417. The molecule has 0 amide bonds. The van der Waals surface area contributed by atoms with Crippen molar-refractivity contribution >= 4 is 5.97 Å². The van der Waals surface area contributed by atoms with Crippen LogP contribution in [0, 0.1) is 0 Å². The zero-order chi connectivity index (χ0) is 10.7. The van der Waals surface area contributed by atoms with Gasteiger partial charge >= 0.3 is 5.97 Å². The maximum Gasteiger partial charge on any atom is 0.329 e. The maximum absolute atomic E-state index is 10.4. The van der Waals surface area contributed by atoms with Crippen LogP contribution in [-0.2, 0) is 16.0 Å². The summed E-state index contributed by atoms with van der Waals surface area (Å²) in [6, 6.07) is 8.10. The second kappa shape index (κ2) is 4.45. The molecule has 2 rings (SSSR count). The lowest BCUT2D eigenvalue weighted by Gasteiger charge is -2.24. The van der Waals surface area contributed by atoms with Crippen LogP contribution in [0.15, 0.2) is 24.3 Å². The molecule has 1 aromatic carbocycles. The third-order valence-electron chi connectivity index (χ3n) is 2.72. The molecule has 0 spiro atoms. The Kier molecular flexibility index (Phi) is 3.02. The molecule has 1 aliphatic carbocycles. The smallest absolute Gasteiger partial charge is 0.329 e. The zero-order valence-electron chi connectivity index (χ0n) is 8.48. The first kappa shape index (κ1) is 10.2. The first-order valence-electron chi connectivity index (χ1n) is 5.18. The number of carboxylic acid groups (broad SMARTS) is 1. The number of rotatable bonds is 3. The molecular weight excluding hydrogens is 192 g/mol. The minimum Gasteiger partial charge on any atom is -0.480 e. The lowest BCUT2D eigenvalue weighted by molar-refractivity contribution is -0.144. The van der Waals surface area contributed by atoms with Gasteiger partial charge in [-0.3, -0.25) is 0 Å². The van der Waals surface area contributed by atoms with Gasteiger partial charge in [-0.1, -0.05) is 24.3 Å². The third kappa shape index (κ3) is 2.36. The summed E-state index contributed by atoms with van der Waals surface area (Å²) in [5, 5.41) is 8.57. The van der Waals surface area contributed by atoms with Crippen molar-refractivity contribution in [3.8, 4) is 0 Å².